The SMILES string of the molecule is CCC(=O)Nc1cncc(-c2ccc3[nH]nc(-c4nc5c(-c6cc(F)cc(CCS(C)(=O)=O)c6)nccc5[nH]4)c3n2)c1. The zero-order valence-electron chi connectivity index (χ0n) is 22.6. The zero-order valence-corrected chi connectivity index (χ0v) is 23.5. The van der Waals surface area contributed by atoms with Crippen LogP contribution < -0.4 is 5.32 Å². The third kappa shape index (κ3) is 5.59. The Labute approximate surface area is 239 Å². The Kier molecular flexibility index (Phi) is 6.94. The normalized spacial score (nSPS) is 11.8. The summed E-state index contributed by atoms with van der Waals surface area (Å²) in [7, 11) is -3.21. The molecule has 42 heavy (non-hydrogen) atoms. The highest BCUT2D eigenvalue weighted by Crippen LogP contribution is 2.32. The number of hydrogen-bond donors (Lipinski definition) is 3. The van der Waals surface area contributed by atoms with Gasteiger partial charge in [-0.05, 0) is 54.4 Å². The average molecular weight is 585 g/mol. The fraction of sp³-hybridized carbons (Fsp3) is 0.172. The third-order valence-corrected chi connectivity index (χ3v) is 7.61. The van der Waals surface area contributed by atoms with Crippen LogP contribution in [0, 0.1) is 5.82 Å². The molecule has 5 heterocycles. The Morgan fingerprint density at radius 2 is 1.81 bits per heavy atom. The van der Waals surface area contributed by atoms with Gasteiger partial charge in [0, 0.05) is 36.2 Å². The monoisotopic (exact) mass is 584 g/mol. The van der Waals surface area contributed by atoms with Crippen molar-refractivity contribution in [1.82, 2.24) is 35.1 Å². The van der Waals surface area contributed by atoms with Crippen molar-refractivity contribution < 1.29 is 17.6 Å². The highest BCUT2D eigenvalue weighted by atomic mass is 32.2. The number of pyridine rings is 3. The number of aromatic amines is 2. The van der Waals surface area contributed by atoms with Crippen molar-refractivity contribution in [2.24, 2.45) is 0 Å². The van der Waals surface area contributed by atoms with Gasteiger partial charge in [-0.15, -0.1) is 0 Å². The molecular formula is C29H25FN8O3S. The molecule has 13 heteroatoms. The first-order valence-corrected chi connectivity index (χ1v) is 15.2. The van der Waals surface area contributed by atoms with Crippen LogP contribution in [0.4, 0.5) is 10.1 Å². The summed E-state index contributed by atoms with van der Waals surface area (Å²) in [6.45, 7) is 1.77. The topological polar surface area (TPSA) is 159 Å². The minimum Gasteiger partial charge on any atom is -0.336 e. The van der Waals surface area contributed by atoms with Gasteiger partial charge in [-0.2, -0.15) is 5.10 Å². The van der Waals surface area contributed by atoms with E-state index < -0.39 is 15.7 Å². The molecule has 0 aliphatic carbocycles. The fourth-order valence-electron chi connectivity index (χ4n) is 4.62. The number of carbonyl (C=O) groups is 1. The van der Waals surface area contributed by atoms with Crippen LogP contribution in [0.25, 0.3) is 56.1 Å². The Morgan fingerprint density at radius 1 is 0.976 bits per heavy atom. The Hall–Kier alpha value is -5.04. The van der Waals surface area contributed by atoms with Crippen LogP contribution in [-0.4, -0.2) is 61.5 Å². The van der Waals surface area contributed by atoms with Gasteiger partial charge in [0.15, 0.2) is 11.5 Å². The molecule has 0 bridgehead atoms. The summed E-state index contributed by atoms with van der Waals surface area (Å²) in [6, 6.07) is 11.7. The van der Waals surface area contributed by atoms with Gasteiger partial charge < -0.3 is 10.3 Å². The van der Waals surface area contributed by atoms with E-state index in [0.717, 1.165) is 6.26 Å². The predicted octanol–water partition coefficient (Wildman–Crippen LogP) is 4.70. The summed E-state index contributed by atoms with van der Waals surface area (Å²) >= 11 is 0. The van der Waals surface area contributed by atoms with Crippen LogP contribution in [0.1, 0.15) is 18.9 Å². The van der Waals surface area contributed by atoms with E-state index in [2.05, 4.69) is 30.5 Å². The second-order valence-corrected chi connectivity index (χ2v) is 12.2. The lowest BCUT2D eigenvalue weighted by Gasteiger charge is -2.06. The van der Waals surface area contributed by atoms with E-state index in [-0.39, 0.29) is 18.1 Å². The van der Waals surface area contributed by atoms with E-state index in [4.69, 9.17) is 9.97 Å². The number of nitrogens with one attached hydrogen (secondary N) is 3. The van der Waals surface area contributed by atoms with Crippen molar-refractivity contribution in [2.45, 2.75) is 19.8 Å². The lowest BCUT2D eigenvalue weighted by atomic mass is 10.0. The molecule has 0 radical (unpaired) electrons. The molecule has 1 amide bonds. The highest BCUT2D eigenvalue weighted by Gasteiger charge is 2.18. The van der Waals surface area contributed by atoms with Gasteiger partial charge in [0.2, 0.25) is 5.91 Å². The lowest BCUT2D eigenvalue weighted by molar-refractivity contribution is -0.115. The number of anilines is 1. The van der Waals surface area contributed by atoms with E-state index in [1.54, 1.807) is 43.7 Å². The summed E-state index contributed by atoms with van der Waals surface area (Å²) in [5.41, 5.74) is 6.29. The van der Waals surface area contributed by atoms with Gasteiger partial charge in [-0.25, -0.2) is 22.8 Å². The van der Waals surface area contributed by atoms with Crippen molar-refractivity contribution in [2.75, 3.05) is 17.3 Å². The van der Waals surface area contributed by atoms with Crippen LogP contribution in [0.3, 0.4) is 0 Å². The molecule has 11 nitrogen and oxygen atoms in total. The van der Waals surface area contributed by atoms with Crippen molar-refractivity contribution in [3.8, 4) is 34.0 Å². The molecule has 0 aliphatic rings. The highest BCUT2D eigenvalue weighted by molar-refractivity contribution is 7.90. The predicted molar refractivity (Wildman–Crippen MR) is 158 cm³/mol. The Morgan fingerprint density at radius 3 is 2.62 bits per heavy atom. The van der Waals surface area contributed by atoms with E-state index >= 15 is 0 Å². The summed E-state index contributed by atoms with van der Waals surface area (Å²) in [6.07, 6.45) is 6.52. The second-order valence-electron chi connectivity index (χ2n) is 9.90. The number of hydrogen-bond acceptors (Lipinski definition) is 8. The average Bonchev–Trinajstić information content (AvgIpc) is 3.59. The van der Waals surface area contributed by atoms with Gasteiger partial charge in [0.25, 0.3) is 0 Å². The van der Waals surface area contributed by atoms with Crippen LogP contribution in [-0.2, 0) is 21.1 Å². The quantitative estimate of drug-likeness (QED) is 0.232. The van der Waals surface area contributed by atoms with Crippen LogP contribution >= 0.6 is 0 Å². The van der Waals surface area contributed by atoms with Crippen LogP contribution in [0.5, 0.6) is 0 Å². The number of sulfone groups is 1. The van der Waals surface area contributed by atoms with Gasteiger partial charge in [0.1, 0.15) is 26.7 Å². The number of nitrogens with zero attached hydrogens (tertiary/aromatic N) is 5. The number of carbonyl (C=O) groups excluding carboxylic acids is 1. The first-order chi connectivity index (χ1) is 20.2. The van der Waals surface area contributed by atoms with E-state index in [0.29, 0.717) is 73.8 Å². The van der Waals surface area contributed by atoms with Crippen molar-refractivity contribution in [1.29, 1.82) is 0 Å². The summed E-state index contributed by atoms with van der Waals surface area (Å²) in [4.78, 5) is 33.4. The number of halogens is 1. The summed E-state index contributed by atoms with van der Waals surface area (Å²) < 4.78 is 37.9. The third-order valence-electron chi connectivity index (χ3n) is 6.66. The summed E-state index contributed by atoms with van der Waals surface area (Å²) in [5, 5.41) is 10.2. The second kappa shape index (κ2) is 10.7. The maximum atomic E-state index is 14.6. The van der Waals surface area contributed by atoms with Crippen molar-refractivity contribution in [3.63, 3.8) is 0 Å². The van der Waals surface area contributed by atoms with Crippen LogP contribution in [0.15, 0.2) is 61.1 Å². The molecule has 0 saturated heterocycles. The van der Waals surface area contributed by atoms with Crippen molar-refractivity contribution in [3.05, 3.63) is 72.4 Å². The first-order valence-electron chi connectivity index (χ1n) is 13.1. The number of aromatic nitrogens is 7. The van der Waals surface area contributed by atoms with Crippen LogP contribution in [0.2, 0.25) is 0 Å². The molecule has 0 spiro atoms. The molecule has 6 rings (SSSR count). The van der Waals surface area contributed by atoms with E-state index in [1.807, 2.05) is 12.1 Å². The number of rotatable bonds is 8. The number of aryl methyl sites for hydroxylation is 1. The summed E-state index contributed by atoms with van der Waals surface area (Å²) in [5.74, 6) is -0.259. The molecule has 1 aromatic carbocycles. The minimum atomic E-state index is -3.21. The number of imidazole rings is 1. The standard InChI is InChI=1S/C29H25FN8O3S/c1-3-24(39)33-20-13-18(14-31-15-20)21-4-5-23-27(34-21)28(38-37-23)29-35-22-6-8-32-25(26(22)36-29)17-10-16(11-19(30)12-17)7-9-42(2,40)41/h4-6,8,10-15H,3,7,9H2,1-2H3,(H,33,39)(H,35,36)(H,37,38). The maximum absolute atomic E-state index is 14.6. The molecule has 3 N–H and O–H groups in total. The number of amides is 1. The molecule has 0 saturated carbocycles. The van der Waals surface area contributed by atoms with Gasteiger partial charge in [0.05, 0.1) is 40.1 Å². The lowest BCUT2D eigenvalue weighted by Crippen LogP contribution is -2.09. The van der Waals surface area contributed by atoms with Crippen molar-refractivity contribution >= 4 is 43.5 Å². The molecule has 6 aromatic rings. The molecular weight excluding hydrogens is 559 g/mol. The molecule has 0 fully saturated rings. The molecule has 0 aliphatic heterocycles. The molecule has 5 aromatic heterocycles. The van der Waals surface area contributed by atoms with E-state index in [1.165, 1.54) is 12.1 Å². The van der Waals surface area contributed by atoms with Gasteiger partial charge in [-0.1, -0.05) is 6.92 Å². The maximum Gasteiger partial charge on any atom is 0.224 e. The largest absolute Gasteiger partial charge is 0.336 e. The number of H-pyrrole nitrogens is 2. The van der Waals surface area contributed by atoms with E-state index in [9.17, 15) is 17.6 Å². The minimum absolute atomic E-state index is 0.0883. The first kappa shape index (κ1) is 27.1. The number of fused-ring (bicyclic) bond motifs is 2. The number of benzene rings is 1. The molecule has 0 atom stereocenters. The Balaban J connectivity index is 1.39. The molecule has 0 unspecified atom stereocenters. The smallest absolute Gasteiger partial charge is 0.224 e. The van der Waals surface area contributed by atoms with Gasteiger partial charge >= 0.3 is 0 Å². The fourth-order valence-corrected chi connectivity index (χ4v) is 5.22. The molecule has 212 valence electrons. The van der Waals surface area contributed by atoms with Gasteiger partial charge in [-0.3, -0.25) is 19.9 Å². The Bertz CT molecular complexity index is 2090. The zero-order chi connectivity index (χ0) is 29.4.